The second kappa shape index (κ2) is 7.72. The van der Waals surface area contributed by atoms with Gasteiger partial charge in [0.1, 0.15) is 5.82 Å². The number of aromatic nitrogens is 3. The molecule has 1 aliphatic rings. The molecule has 3 heterocycles. The third-order valence-electron chi connectivity index (χ3n) is 5.22. The highest BCUT2D eigenvalue weighted by atomic mass is 32.2. The maximum absolute atomic E-state index is 12.6. The number of nitrogens with one attached hydrogen (secondary N) is 1. The Bertz CT molecular complexity index is 894. The molecule has 2 aromatic heterocycles. The number of nitrogens with zero attached hydrogens (tertiary/aromatic N) is 3. The Hall–Kier alpha value is -2.34. The van der Waals surface area contributed by atoms with Gasteiger partial charge in [-0.2, -0.15) is 0 Å². The Labute approximate surface area is 163 Å². The van der Waals surface area contributed by atoms with Gasteiger partial charge in [0.25, 0.3) is 0 Å². The van der Waals surface area contributed by atoms with Gasteiger partial charge in [-0.1, -0.05) is 23.9 Å². The van der Waals surface area contributed by atoms with E-state index in [2.05, 4.69) is 33.7 Å². The van der Waals surface area contributed by atoms with Crippen LogP contribution in [0.2, 0.25) is 0 Å². The number of likely N-dealkylation sites (tertiary alicyclic amines) is 1. The third-order valence-corrected chi connectivity index (χ3v) is 6.15. The minimum absolute atomic E-state index is 0.211. The largest absolute Gasteiger partial charge is 0.338 e. The molecule has 140 valence electrons. The first-order valence-electron chi connectivity index (χ1n) is 9.47. The van der Waals surface area contributed by atoms with Crippen LogP contribution >= 0.6 is 11.8 Å². The summed E-state index contributed by atoms with van der Waals surface area (Å²) < 4.78 is 0. The van der Waals surface area contributed by atoms with Crippen molar-refractivity contribution in [2.24, 2.45) is 0 Å². The molecule has 0 aliphatic carbocycles. The predicted octanol–water partition coefficient (Wildman–Crippen LogP) is 4.51. The van der Waals surface area contributed by atoms with Gasteiger partial charge in [-0.3, -0.25) is 4.79 Å². The Balaban J connectivity index is 1.41. The fourth-order valence-electron chi connectivity index (χ4n) is 3.82. The lowest BCUT2D eigenvalue weighted by atomic mass is 9.98. The first kappa shape index (κ1) is 18.0. The first-order chi connectivity index (χ1) is 13.1. The highest BCUT2D eigenvalue weighted by molar-refractivity contribution is 7.99. The lowest BCUT2D eigenvalue weighted by molar-refractivity contribution is -0.134. The number of pyridine rings is 1. The fourth-order valence-corrected chi connectivity index (χ4v) is 4.53. The summed E-state index contributed by atoms with van der Waals surface area (Å²) in [6.45, 7) is 4.30. The van der Waals surface area contributed by atoms with Gasteiger partial charge < -0.3 is 9.88 Å². The molecule has 1 aromatic carbocycles. The maximum Gasteiger partial charge on any atom is 0.233 e. The summed E-state index contributed by atoms with van der Waals surface area (Å²) in [4.78, 5) is 27.1. The van der Waals surface area contributed by atoms with Crippen LogP contribution in [0, 0.1) is 0 Å². The number of piperidine rings is 1. The van der Waals surface area contributed by atoms with E-state index in [1.165, 1.54) is 18.2 Å². The molecule has 3 aromatic rings. The smallest absolute Gasteiger partial charge is 0.233 e. The van der Waals surface area contributed by atoms with E-state index in [9.17, 15) is 4.79 Å². The van der Waals surface area contributed by atoms with E-state index in [-0.39, 0.29) is 5.91 Å². The first-order valence-corrected chi connectivity index (χ1v) is 10.5. The zero-order chi connectivity index (χ0) is 18.8. The number of amides is 1. The number of para-hydroxylation sites is 2. The van der Waals surface area contributed by atoms with E-state index < -0.39 is 0 Å². The number of carbonyl (C=O) groups excluding carboxylic acids is 1. The minimum Gasteiger partial charge on any atom is -0.338 e. The van der Waals surface area contributed by atoms with Crippen molar-refractivity contribution in [2.75, 3.05) is 5.75 Å². The monoisotopic (exact) mass is 380 g/mol. The van der Waals surface area contributed by atoms with Gasteiger partial charge in [0, 0.05) is 23.8 Å². The van der Waals surface area contributed by atoms with Gasteiger partial charge in [0.05, 0.1) is 21.8 Å². The van der Waals surface area contributed by atoms with Gasteiger partial charge in [-0.25, -0.2) is 9.97 Å². The summed E-state index contributed by atoms with van der Waals surface area (Å²) in [5, 5.41) is 0.862. The number of hydrogen-bond donors (Lipinski definition) is 1. The van der Waals surface area contributed by atoms with Crippen molar-refractivity contribution >= 4 is 28.7 Å². The number of fused-ring (bicyclic) bond motifs is 1. The topological polar surface area (TPSA) is 61.9 Å². The van der Waals surface area contributed by atoms with Crippen LogP contribution in [0.3, 0.4) is 0 Å². The van der Waals surface area contributed by atoms with Crippen molar-refractivity contribution in [1.82, 2.24) is 19.9 Å². The van der Waals surface area contributed by atoms with Crippen LogP contribution in [0.15, 0.2) is 47.6 Å². The van der Waals surface area contributed by atoms with Gasteiger partial charge in [0.2, 0.25) is 5.91 Å². The molecule has 2 atom stereocenters. The number of H-pyrrole nitrogens is 1. The molecule has 0 saturated carbocycles. The number of rotatable bonds is 4. The standard InChI is InChI=1S/C21H24N4OS/c1-14-6-5-7-15(2)25(14)20(26)13-27-19-11-10-16(12-22-19)21-23-17-8-3-4-9-18(17)24-21/h3-4,8-12,14-15H,5-7,13H2,1-2H3,(H,23,24)/t14-,15-/m0/s1. The van der Waals surface area contributed by atoms with Crippen molar-refractivity contribution < 1.29 is 4.79 Å². The van der Waals surface area contributed by atoms with E-state index in [0.29, 0.717) is 17.8 Å². The molecular weight excluding hydrogens is 356 g/mol. The van der Waals surface area contributed by atoms with Crippen molar-refractivity contribution in [2.45, 2.75) is 50.2 Å². The van der Waals surface area contributed by atoms with E-state index in [1.807, 2.05) is 42.6 Å². The van der Waals surface area contributed by atoms with Crippen LogP contribution in [0.4, 0.5) is 0 Å². The summed E-state index contributed by atoms with van der Waals surface area (Å²) in [6.07, 6.45) is 5.23. The Morgan fingerprint density at radius 3 is 2.67 bits per heavy atom. The number of carbonyl (C=O) groups is 1. The zero-order valence-electron chi connectivity index (χ0n) is 15.7. The molecule has 1 N–H and O–H groups in total. The Morgan fingerprint density at radius 2 is 1.96 bits per heavy atom. The quantitative estimate of drug-likeness (QED) is 0.677. The summed E-state index contributed by atoms with van der Waals surface area (Å²) in [5.41, 5.74) is 2.91. The summed E-state index contributed by atoms with van der Waals surface area (Å²) in [5.74, 6) is 1.46. The molecule has 4 rings (SSSR count). The molecular formula is C21H24N4OS. The normalized spacial score (nSPS) is 20.1. The van der Waals surface area contributed by atoms with E-state index in [0.717, 1.165) is 40.3 Å². The average molecular weight is 381 g/mol. The number of thioether (sulfide) groups is 1. The van der Waals surface area contributed by atoms with Crippen molar-refractivity contribution in [1.29, 1.82) is 0 Å². The van der Waals surface area contributed by atoms with Gasteiger partial charge in [0.15, 0.2) is 0 Å². The lowest BCUT2D eigenvalue weighted by Gasteiger charge is -2.39. The summed E-state index contributed by atoms with van der Waals surface area (Å²) in [6, 6.07) is 12.6. The molecule has 0 bridgehead atoms. The second-order valence-electron chi connectivity index (χ2n) is 7.21. The van der Waals surface area contributed by atoms with Crippen molar-refractivity contribution in [3.05, 3.63) is 42.6 Å². The second-order valence-corrected chi connectivity index (χ2v) is 8.20. The van der Waals surface area contributed by atoms with E-state index in [4.69, 9.17) is 0 Å². The molecule has 5 nitrogen and oxygen atoms in total. The number of imidazole rings is 1. The van der Waals surface area contributed by atoms with Crippen molar-refractivity contribution in [3.63, 3.8) is 0 Å². The van der Waals surface area contributed by atoms with Crippen LogP contribution in [-0.2, 0) is 4.79 Å². The van der Waals surface area contributed by atoms with Gasteiger partial charge in [-0.15, -0.1) is 0 Å². The Morgan fingerprint density at radius 1 is 1.19 bits per heavy atom. The van der Waals surface area contributed by atoms with E-state index in [1.54, 1.807) is 0 Å². The summed E-state index contributed by atoms with van der Waals surface area (Å²) in [7, 11) is 0. The maximum atomic E-state index is 12.6. The summed E-state index contributed by atoms with van der Waals surface area (Å²) >= 11 is 1.50. The molecule has 27 heavy (non-hydrogen) atoms. The molecule has 0 spiro atoms. The van der Waals surface area contributed by atoms with Crippen LogP contribution in [-0.4, -0.2) is 43.6 Å². The number of aromatic amines is 1. The third kappa shape index (κ3) is 3.86. The van der Waals surface area contributed by atoms with Gasteiger partial charge in [-0.05, 0) is 57.4 Å². The van der Waals surface area contributed by atoms with Crippen LogP contribution in [0.25, 0.3) is 22.4 Å². The zero-order valence-corrected chi connectivity index (χ0v) is 16.5. The van der Waals surface area contributed by atoms with Gasteiger partial charge >= 0.3 is 0 Å². The predicted molar refractivity (Wildman–Crippen MR) is 110 cm³/mol. The molecule has 1 fully saturated rings. The number of hydrogen-bond acceptors (Lipinski definition) is 4. The van der Waals surface area contributed by atoms with Crippen LogP contribution in [0.5, 0.6) is 0 Å². The van der Waals surface area contributed by atoms with E-state index >= 15 is 0 Å². The molecule has 0 unspecified atom stereocenters. The SMILES string of the molecule is C[C@H]1CCC[C@H](C)N1C(=O)CSc1ccc(-c2nc3ccccc3[nH]2)cn1. The average Bonchev–Trinajstić information content (AvgIpc) is 3.11. The molecule has 0 radical (unpaired) electrons. The highest BCUT2D eigenvalue weighted by Gasteiger charge is 2.28. The molecule has 6 heteroatoms. The van der Waals surface area contributed by atoms with Crippen LogP contribution < -0.4 is 0 Å². The van der Waals surface area contributed by atoms with Crippen LogP contribution in [0.1, 0.15) is 33.1 Å². The fraction of sp³-hybridized carbons (Fsp3) is 0.381. The number of benzene rings is 1. The lowest BCUT2D eigenvalue weighted by Crippen LogP contribution is -2.48. The highest BCUT2D eigenvalue weighted by Crippen LogP contribution is 2.26. The molecule has 1 amide bonds. The van der Waals surface area contributed by atoms with Crippen molar-refractivity contribution in [3.8, 4) is 11.4 Å². The minimum atomic E-state index is 0.211. The Kier molecular flexibility index (Phi) is 5.16. The molecule has 1 aliphatic heterocycles. The molecule has 1 saturated heterocycles.